The Kier molecular flexibility index (Phi) is 7.15. The summed E-state index contributed by atoms with van der Waals surface area (Å²) in [7, 11) is 0.925. The number of ether oxygens (including phenoxy) is 2. The molecule has 138 valence electrons. The second-order valence-electron chi connectivity index (χ2n) is 7.30. The molecule has 7 nitrogen and oxygen atoms in total. The number of aliphatic hydroxyl groups excluding tert-OH is 1. The summed E-state index contributed by atoms with van der Waals surface area (Å²) < 4.78 is 16.9. The first-order valence-electron chi connectivity index (χ1n) is 8.07. The van der Waals surface area contributed by atoms with Gasteiger partial charge in [-0.05, 0) is 24.6 Å². The first-order chi connectivity index (χ1) is 11.1. The van der Waals surface area contributed by atoms with E-state index in [2.05, 4.69) is 43.8 Å². The Morgan fingerprint density at radius 3 is 2.29 bits per heavy atom. The number of aliphatic hydroxyl groups is 1. The van der Waals surface area contributed by atoms with Crippen LogP contribution in [0.5, 0.6) is 11.9 Å². The third-order valence-electron chi connectivity index (χ3n) is 4.46. The second kappa shape index (κ2) is 8.24. The van der Waals surface area contributed by atoms with Gasteiger partial charge in [-0.25, -0.2) is 0 Å². The van der Waals surface area contributed by atoms with Gasteiger partial charge in [0.2, 0.25) is 5.88 Å². The van der Waals surface area contributed by atoms with Gasteiger partial charge in [0, 0.05) is 18.7 Å². The minimum absolute atomic E-state index is 0.0160. The standard InChI is InChI=1S/C16H31N3O4Si/c1-16(2,3)24(6,7)23-14(11(17)8-9-20)12-10-13(21-4)19-15(18-12)22-5/h10-11,14,20H,8-9,17H2,1-7H3/t11-,14-/m1/s1. The predicted molar refractivity (Wildman–Crippen MR) is 95.8 cm³/mol. The topological polar surface area (TPSA) is 99.7 Å². The average Bonchev–Trinajstić information content (AvgIpc) is 2.51. The fraction of sp³-hybridized carbons (Fsp3) is 0.750. The van der Waals surface area contributed by atoms with Crippen LogP contribution in [0.15, 0.2) is 6.07 Å². The summed E-state index contributed by atoms with van der Waals surface area (Å²) in [6.07, 6.45) is -0.0580. The van der Waals surface area contributed by atoms with Crippen LogP contribution in [0.3, 0.4) is 0 Å². The van der Waals surface area contributed by atoms with Crippen molar-refractivity contribution in [1.29, 1.82) is 0 Å². The molecule has 8 heteroatoms. The van der Waals surface area contributed by atoms with Crippen LogP contribution < -0.4 is 15.2 Å². The molecule has 1 rings (SSSR count). The highest BCUT2D eigenvalue weighted by molar-refractivity contribution is 6.74. The summed E-state index contributed by atoms with van der Waals surface area (Å²) in [5, 5.41) is 9.31. The van der Waals surface area contributed by atoms with E-state index < -0.39 is 20.5 Å². The van der Waals surface area contributed by atoms with Gasteiger partial charge in [0.1, 0.15) is 6.10 Å². The third-order valence-corrected chi connectivity index (χ3v) is 8.92. The maximum absolute atomic E-state index is 9.29. The van der Waals surface area contributed by atoms with E-state index in [-0.39, 0.29) is 17.7 Å². The summed E-state index contributed by atoms with van der Waals surface area (Å²) in [4.78, 5) is 8.51. The molecule has 2 atom stereocenters. The van der Waals surface area contributed by atoms with Crippen LogP contribution in [-0.4, -0.2) is 50.3 Å². The number of nitrogens with two attached hydrogens (primary N) is 1. The van der Waals surface area contributed by atoms with E-state index in [1.807, 2.05) is 0 Å². The largest absolute Gasteiger partial charge is 0.481 e. The normalized spacial score (nSPS) is 15.0. The van der Waals surface area contributed by atoms with Crippen molar-refractivity contribution in [3.63, 3.8) is 0 Å². The minimum Gasteiger partial charge on any atom is -0.481 e. The summed E-state index contributed by atoms with van der Waals surface area (Å²) in [5.41, 5.74) is 6.89. The third kappa shape index (κ3) is 5.14. The monoisotopic (exact) mass is 357 g/mol. The zero-order chi connectivity index (χ0) is 18.5. The maximum atomic E-state index is 9.29. The van der Waals surface area contributed by atoms with E-state index in [0.717, 1.165) is 0 Å². The molecule has 0 radical (unpaired) electrons. The molecule has 0 saturated heterocycles. The first-order valence-corrected chi connectivity index (χ1v) is 11.0. The lowest BCUT2D eigenvalue weighted by molar-refractivity contribution is 0.131. The minimum atomic E-state index is -2.10. The fourth-order valence-corrected chi connectivity index (χ4v) is 3.21. The lowest BCUT2D eigenvalue weighted by Crippen LogP contribution is -2.46. The van der Waals surface area contributed by atoms with Crippen molar-refractivity contribution in [2.24, 2.45) is 5.73 Å². The average molecular weight is 358 g/mol. The van der Waals surface area contributed by atoms with Gasteiger partial charge in [0.25, 0.3) is 0 Å². The van der Waals surface area contributed by atoms with Crippen LogP contribution in [0.25, 0.3) is 0 Å². The van der Waals surface area contributed by atoms with Crippen molar-refractivity contribution in [1.82, 2.24) is 9.97 Å². The highest BCUT2D eigenvalue weighted by Gasteiger charge is 2.41. The number of hydrogen-bond donors (Lipinski definition) is 2. The van der Waals surface area contributed by atoms with E-state index in [1.165, 1.54) is 14.2 Å². The molecular weight excluding hydrogens is 326 g/mol. The number of rotatable bonds is 8. The van der Waals surface area contributed by atoms with E-state index in [1.54, 1.807) is 6.07 Å². The Morgan fingerprint density at radius 1 is 1.21 bits per heavy atom. The van der Waals surface area contributed by atoms with Gasteiger partial charge >= 0.3 is 6.01 Å². The van der Waals surface area contributed by atoms with Crippen molar-refractivity contribution < 1.29 is 19.0 Å². The summed E-state index contributed by atoms with van der Waals surface area (Å²) in [6.45, 7) is 10.8. The van der Waals surface area contributed by atoms with Crippen molar-refractivity contribution >= 4 is 8.32 Å². The van der Waals surface area contributed by atoms with Crippen LogP contribution >= 0.6 is 0 Å². The molecule has 3 N–H and O–H groups in total. The molecule has 0 saturated carbocycles. The molecule has 0 bridgehead atoms. The Hall–Kier alpha value is -1.22. The molecule has 0 fully saturated rings. The van der Waals surface area contributed by atoms with Gasteiger partial charge < -0.3 is 24.7 Å². The van der Waals surface area contributed by atoms with E-state index >= 15 is 0 Å². The van der Waals surface area contributed by atoms with Crippen LogP contribution in [0.1, 0.15) is 39.0 Å². The van der Waals surface area contributed by atoms with Gasteiger partial charge in [-0.15, -0.1) is 0 Å². The molecule has 0 unspecified atom stereocenters. The quantitative estimate of drug-likeness (QED) is 0.688. The van der Waals surface area contributed by atoms with Gasteiger partial charge in [-0.2, -0.15) is 9.97 Å². The maximum Gasteiger partial charge on any atom is 0.319 e. The fourth-order valence-electron chi connectivity index (χ4n) is 1.92. The van der Waals surface area contributed by atoms with Gasteiger partial charge in [0.05, 0.1) is 19.9 Å². The van der Waals surface area contributed by atoms with Gasteiger partial charge in [0.15, 0.2) is 8.32 Å². The highest BCUT2D eigenvalue weighted by Crippen LogP contribution is 2.40. The molecular formula is C16H31N3O4Si. The van der Waals surface area contributed by atoms with Crippen LogP contribution in [0.4, 0.5) is 0 Å². The number of aromatic nitrogens is 2. The zero-order valence-electron chi connectivity index (χ0n) is 15.8. The predicted octanol–water partition coefficient (Wildman–Crippen LogP) is 2.27. The van der Waals surface area contributed by atoms with Crippen LogP contribution in [-0.2, 0) is 4.43 Å². The number of hydrogen-bond acceptors (Lipinski definition) is 7. The SMILES string of the molecule is COc1cc([C@H](O[Si](C)(C)C(C)(C)C)[C@H](N)CCO)nc(OC)n1. The molecule has 1 aromatic rings. The van der Waals surface area contributed by atoms with Gasteiger partial charge in [-0.3, -0.25) is 0 Å². The summed E-state index contributed by atoms with van der Waals surface area (Å²) >= 11 is 0. The van der Waals surface area contributed by atoms with Crippen LogP contribution in [0.2, 0.25) is 18.1 Å². The van der Waals surface area contributed by atoms with E-state index in [4.69, 9.17) is 19.6 Å². The van der Waals surface area contributed by atoms with Crippen LogP contribution in [0, 0.1) is 0 Å². The molecule has 0 spiro atoms. The summed E-state index contributed by atoms with van der Waals surface area (Å²) in [5.74, 6) is 0.386. The molecule has 0 aliphatic heterocycles. The molecule has 24 heavy (non-hydrogen) atoms. The van der Waals surface area contributed by atoms with Gasteiger partial charge in [-0.1, -0.05) is 20.8 Å². The van der Waals surface area contributed by atoms with Crippen molar-refractivity contribution in [3.8, 4) is 11.9 Å². The lowest BCUT2D eigenvalue weighted by Gasteiger charge is -2.40. The number of methoxy groups -OCH3 is 2. The Morgan fingerprint density at radius 2 is 1.83 bits per heavy atom. The molecule has 0 aliphatic rings. The lowest BCUT2D eigenvalue weighted by atomic mass is 10.1. The first kappa shape index (κ1) is 20.8. The molecule has 0 amide bonds. The summed E-state index contributed by atoms with van der Waals surface area (Å²) in [6, 6.07) is 1.51. The Balaban J connectivity index is 3.29. The molecule has 1 heterocycles. The number of nitrogens with zero attached hydrogens (tertiary/aromatic N) is 2. The zero-order valence-corrected chi connectivity index (χ0v) is 16.8. The van der Waals surface area contributed by atoms with Crippen molar-refractivity contribution in [3.05, 3.63) is 11.8 Å². The van der Waals surface area contributed by atoms with Crippen molar-refractivity contribution in [2.45, 2.75) is 57.5 Å². The smallest absolute Gasteiger partial charge is 0.319 e. The molecule has 1 aromatic heterocycles. The Labute approximate surface area is 145 Å². The van der Waals surface area contributed by atoms with E-state index in [0.29, 0.717) is 18.0 Å². The Bertz CT molecular complexity index is 512. The van der Waals surface area contributed by atoms with Crippen molar-refractivity contribution in [2.75, 3.05) is 20.8 Å². The molecule has 0 aliphatic carbocycles. The van der Waals surface area contributed by atoms with E-state index in [9.17, 15) is 5.11 Å². The molecule has 0 aromatic carbocycles. The highest BCUT2D eigenvalue weighted by atomic mass is 28.4. The second-order valence-corrected chi connectivity index (χ2v) is 12.1.